The number of likely N-dealkylation sites (tertiary alicyclic amines) is 1. The number of hydrogen-bond acceptors (Lipinski definition) is 6. The molecule has 3 heterocycles. The maximum absolute atomic E-state index is 13.1. The van der Waals surface area contributed by atoms with E-state index in [2.05, 4.69) is 20.2 Å². The smallest absolute Gasteiger partial charge is 0.258 e. The third-order valence-electron chi connectivity index (χ3n) is 7.07. The molecule has 0 saturated carbocycles. The average molecular weight is 526 g/mol. The highest BCUT2D eigenvalue weighted by Crippen LogP contribution is 2.44. The highest BCUT2D eigenvalue weighted by atomic mass is 35.5. The summed E-state index contributed by atoms with van der Waals surface area (Å²) in [7, 11) is 0. The SMILES string of the molecule is C.CC1(C)Cc2c(N)c(Cl)cc(C(=O)NC3CCN(CCCc4nc5ccccc5c(=O)[nH]4)CC3)c2O1. The summed E-state index contributed by atoms with van der Waals surface area (Å²) in [6.45, 7) is 6.67. The number of ether oxygens (including phenoxy) is 1. The van der Waals surface area contributed by atoms with Crippen LogP contribution in [0.4, 0.5) is 5.69 Å². The number of carbonyl (C=O) groups excluding carboxylic acids is 1. The second kappa shape index (κ2) is 10.7. The fraction of sp³-hybridized carbons (Fsp3) is 0.464. The number of rotatable bonds is 6. The molecule has 0 bridgehead atoms. The highest BCUT2D eigenvalue weighted by Gasteiger charge is 2.36. The minimum absolute atomic E-state index is 0. The van der Waals surface area contributed by atoms with Crippen LogP contribution in [0.3, 0.4) is 0 Å². The quantitative estimate of drug-likeness (QED) is 0.413. The molecular weight excluding hydrogens is 490 g/mol. The van der Waals surface area contributed by atoms with Crippen LogP contribution in [0, 0.1) is 0 Å². The minimum atomic E-state index is -0.420. The molecular formula is C28H36ClN5O3. The number of fused-ring (bicyclic) bond motifs is 2. The number of carbonyl (C=O) groups is 1. The molecule has 0 unspecified atom stereocenters. The van der Waals surface area contributed by atoms with Crippen molar-refractivity contribution in [3.8, 4) is 5.75 Å². The summed E-state index contributed by atoms with van der Waals surface area (Å²) in [6.07, 6.45) is 3.98. The van der Waals surface area contributed by atoms with Crippen LogP contribution in [0.2, 0.25) is 5.02 Å². The molecule has 1 saturated heterocycles. The summed E-state index contributed by atoms with van der Waals surface area (Å²) >= 11 is 6.34. The van der Waals surface area contributed by atoms with Crippen LogP contribution in [0.25, 0.3) is 10.9 Å². The standard InChI is InChI=1S/C27H32ClN5O3.CH4/c1-27(2)15-19-23(29)20(28)14-18(24(19)36-27)26(35)30-16-9-12-33(13-10-16)11-5-8-22-31-21-7-4-3-6-17(21)25(34)32-22;/h3-4,6-7,14,16H,5,8-13,15,29H2,1-2H3,(H,30,35)(H,31,32,34);1H4. The first-order chi connectivity index (χ1) is 17.2. The lowest BCUT2D eigenvalue weighted by Crippen LogP contribution is -2.45. The van der Waals surface area contributed by atoms with Gasteiger partial charge in [0.25, 0.3) is 11.5 Å². The third kappa shape index (κ3) is 5.75. The van der Waals surface area contributed by atoms with E-state index in [1.807, 2.05) is 32.0 Å². The molecule has 2 aromatic carbocycles. The Bertz CT molecular complexity index is 1360. The molecule has 2 aliphatic rings. The van der Waals surface area contributed by atoms with E-state index >= 15 is 0 Å². The molecule has 8 nitrogen and oxygen atoms in total. The number of piperidine rings is 1. The number of nitrogens with one attached hydrogen (secondary N) is 2. The van der Waals surface area contributed by atoms with Gasteiger partial charge in [0.05, 0.1) is 27.2 Å². The zero-order valence-electron chi connectivity index (χ0n) is 20.7. The van der Waals surface area contributed by atoms with E-state index in [0.717, 1.165) is 62.2 Å². The monoisotopic (exact) mass is 525 g/mol. The molecule has 3 aromatic rings. The number of anilines is 1. The Morgan fingerprint density at radius 1 is 1.30 bits per heavy atom. The third-order valence-corrected chi connectivity index (χ3v) is 7.38. The van der Waals surface area contributed by atoms with Crippen LogP contribution >= 0.6 is 11.6 Å². The number of nitrogens with zero attached hydrogens (tertiary/aromatic N) is 2. The van der Waals surface area contributed by atoms with Gasteiger partial charge >= 0.3 is 0 Å². The maximum Gasteiger partial charge on any atom is 0.258 e. The molecule has 9 heteroatoms. The van der Waals surface area contributed by atoms with Gasteiger partial charge < -0.3 is 25.7 Å². The van der Waals surface area contributed by atoms with Gasteiger partial charge in [0.2, 0.25) is 0 Å². The van der Waals surface area contributed by atoms with Gasteiger partial charge in [0.15, 0.2) is 0 Å². The van der Waals surface area contributed by atoms with Gasteiger partial charge in [0.1, 0.15) is 17.2 Å². The molecule has 0 spiro atoms. The lowest BCUT2D eigenvalue weighted by molar-refractivity contribution is 0.0898. The first kappa shape index (κ1) is 26.9. The van der Waals surface area contributed by atoms with Crippen molar-refractivity contribution in [3.63, 3.8) is 0 Å². The van der Waals surface area contributed by atoms with Gasteiger partial charge in [0, 0.05) is 37.5 Å². The summed E-state index contributed by atoms with van der Waals surface area (Å²) < 4.78 is 6.07. The number of aryl methyl sites for hydroxylation is 1. The summed E-state index contributed by atoms with van der Waals surface area (Å²) in [5, 5.41) is 4.17. The number of para-hydroxylation sites is 1. The molecule has 4 N–H and O–H groups in total. The molecule has 2 aliphatic heterocycles. The van der Waals surface area contributed by atoms with Crippen molar-refractivity contribution in [1.29, 1.82) is 0 Å². The van der Waals surface area contributed by atoms with E-state index in [0.29, 0.717) is 33.8 Å². The molecule has 1 fully saturated rings. The largest absolute Gasteiger partial charge is 0.486 e. The van der Waals surface area contributed by atoms with E-state index < -0.39 is 5.60 Å². The molecule has 0 aliphatic carbocycles. The average Bonchev–Trinajstić information content (AvgIpc) is 3.18. The molecule has 1 aromatic heterocycles. The fourth-order valence-corrected chi connectivity index (χ4v) is 5.41. The second-order valence-electron chi connectivity index (χ2n) is 10.4. The van der Waals surface area contributed by atoms with Crippen molar-refractivity contribution in [2.45, 2.75) is 65.0 Å². The van der Waals surface area contributed by atoms with E-state index in [-0.39, 0.29) is 24.9 Å². The number of hydrogen-bond donors (Lipinski definition) is 3. The molecule has 1 amide bonds. The van der Waals surface area contributed by atoms with Crippen LogP contribution in [0.5, 0.6) is 5.75 Å². The number of benzene rings is 2. The summed E-state index contributed by atoms with van der Waals surface area (Å²) in [5.74, 6) is 1.11. The van der Waals surface area contributed by atoms with Gasteiger partial charge in [-0.15, -0.1) is 0 Å². The molecule has 198 valence electrons. The normalized spacial score (nSPS) is 17.2. The van der Waals surface area contributed by atoms with Crippen molar-refractivity contribution < 1.29 is 9.53 Å². The fourth-order valence-electron chi connectivity index (χ4n) is 5.19. The number of H-pyrrole nitrogens is 1. The summed E-state index contributed by atoms with van der Waals surface area (Å²) in [5.41, 5.74) is 8.14. The van der Waals surface area contributed by atoms with E-state index in [9.17, 15) is 9.59 Å². The van der Waals surface area contributed by atoms with Gasteiger partial charge in [-0.25, -0.2) is 4.98 Å². The lowest BCUT2D eigenvalue weighted by Gasteiger charge is -2.32. The predicted molar refractivity (Wildman–Crippen MR) is 149 cm³/mol. The maximum atomic E-state index is 13.1. The summed E-state index contributed by atoms with van der Waals surface area (Å²) in [4.78, 5) is 35.3. The van der Waals surface area contributed by atoms with Crippen molar-refractivity contribution in [2.24, 2.45) is 0 Å². The zero-order chi connectivity index (χ0) is 25.4. The van der Waals surface area contributed by atoms with Crippen LogP contribution < -0.4 is 21.3 Å². The topological polar surface area (TPSA) is 113 Å². The Morgan fingerprint density at radius 2 is 2.03 bits per heavy atom. The number of aromatic amines is 1. The predicted octanol–water partition coefficient (Wildman–Crippen LogP) is 4.34. The Morgan fingerprint density at radius 3 is 2.78 bits per heavy atom. The Kier molecular flexibility index (Phi) is 7.80. The number of amides is 1. The molecule has 37 heavy (non-hydrogen) atoms. The first-order valence-corrected chi connectivity index (χ1v) is 12.9. The van der Waals surface area contributed by atoms with Crippen LogP contribution in [-0.4, -0.2) is 52.1 Å². The number of aromatic nitrogens is 2. The number of nitrogen functional groups attached to an aromatic ring is 1. The van der Waals surface area contributed by atoms with E-state index in [1.165, 1.54) is 0 Å². The Hall–Kier alpha value is -3.10. The second-order valence-corrected chi connectivity index (χ2v) is 10.8. The minimum Gasteiger partial charge on any atom is -0.486 e. The van der Waals surface area contributed by atoms with E-state index in [1.54, 1.807) is 12.1 Å². The van der Waals surface area contributed by atoms with Gasteiger partial charge in [-0.3, -0.25) is 9.59 Å². The number of nitrogens with two attached hydrogens (primary N) is 1. The van der Waals surface area contributed by atoms with Crippen molar-refractivity contribution in [3.05, 3.63) is 62.7 Å². The Labute approximate surface area is 222 Å². The van der Waals surface area contributed by atoms with E-state index in [4.69, 9.17) is 22.1 Å². The summed E-state index contributed by atoms with van der Waals surface area (Å²) in [6, 6.07) is 9.10. The van der Waals surface area contributed by atoms with Crippen molar-refractivity contribution in [1.82, 2.24) is 20.2 Å². The van der Waals surface area contributed by atoms with Gasteiger partial charge in [-0.1, -0.05) is 31.2 Å². The van der Waals surface area contributed by atoms with Crippen molar-refractivity contribution >= 4 is 34.1 Å². The molecule has 5 rings (SSSR count). The van der Waals surface area contributed by atoms with Crippen LogP contribution in [0.15, 0.2) is 35.1 Å². The first-order valence-electron chi connectivity index (χ1n) is 12.5. The molecule has 0 radical (unpaired) electrons. The number of halogens is 1. The highest BCUT2D eigenvalue weighted by molar-refractivity contribution is 6.33. The van der Waals surface area contributed by atoms with Gasteiger partial charge in [-0.05, 0) is 57.9 Å². The van der Waals surface area contributed by atoms with Crippen LogP contribution in [0.1, 0.15) is 62.3 Å². The zero-order valence-corrected chi connectivity index (χ0v) is 21.5. The van der Waals surface area contributed by atoms with Gasteiger partial charge in [-0.2, -0.15) is 0 Å². The van der Waals surface area contributed by atoms with Crippen LogP contribution in [-0.2, 0) is 12.8 Å². The molecule has 0 atom stereocenters. The lowest BCUT2D eigenvalue weighted by atomic mass is 9.98. The van der Waals surface area contributed by atoms with Crippen molar-refractivity contribution in [2.75, 3.05) is 25.4 Å². The Balaban J connectivity index is 0.00000320.